The van der Waals surface area contributed by atoms with Gasteiger partial charge < -0.3 is 19.5 Å². The van der Waals surface area contributed by atoms with E-state index in [1.807, 2.05) is 0 Å². The molecule has 0 unspecified atom stereocenters. The topological polar surface area (TPSA) is 108 Å². The molecule has 0 aliphatic rings. The summed E-state index contributed by atoms with van der Waals surface area (Å²) in [4.78, 5) is 47.2. The molecule has 0 spiro atoms. The van der Waals surface area contributed by atoms with Crippen LogP contribution in [0.4, 0.5) is 0 Å². The van der Waals surface area contributed by atoms with Crippen molar-refractivity contribution in [2.24, 2.45) is 0 Å². The minimum absolute atomic E-state index is 0.119. The first-order valence-electron chi connectivity index (χ1n) is 13.8. The van der Waals surface area contributed by atoms with Crippen molar-refractivity contribution in [2.45, 2.75) is 118 Å². The molecule has 1 N–H and O–H groups in total. The number of carbonyl (C=O) groups is 4. The third-order valence-corrected chi connectivity index (χ3v) is 5.85. The molecule has 8 nitrogen and oxygen atoms in total. The molecular formula is C29H45NO7. The summed E-state index contributed by atoms with van der Waals surface area (Å²) in [5, 5.41) is 2.84. The standard InChI is InChI=1S/C29H45NO7/c1-5-6-7-8-9-10-11-12-13-14-15-16-17-18-19-30-29(34)25-20-26(35-22(2)31)28(37-24(4)33)27(21-25)36-23(3)32/h20-21H,5-19H2,1-4H3,(H,30,34). The highest BCUT2D eigenvalue weighted by molar-refractivity contribution is 5.96. The number of nitrogens with one attached hydrogen (secondary N) is 1. The summed E-state index contributed by atoms with van der Waals surface area (Å²) in [6.07, 6.45) is 17.6. The van der Waals surface area contributed by atoms with Gasteiger partial charge in [-0.3, -0.25) is 19.2 Å². The highest BCUT2D eigenvalue weighted by atomic mass is 16.6. The first-order chi connectivity index (χ1) is 17.7. The molecule has 1 amide bonds. The van der Waals surface area contributed by atoms with E-state index in [9.17, 15) is 19.2 Å². The fourth-order valence-corrected chi connectivity index (χ4v) is 4.04. The van der Waals surface area contributed by atoms with Crippen LogP contribution in [0.25, 0.3) is 0 Å². The van der Waals surface area contributed by atoms with Gasteiger partial charge in [-0.15, -0.1) is 0 Å². The molecule has 0 saturated carbocycles. The number of amides is 1. The van der Waals surface area contributed by atoms with Gasteiger partial charge in [-0.25, -0.2) is 0 Å². The number of hydrogen-bond acceptors (Lipinski definition) is 7. The Morgan fingerprint density at radius 2 is 0.973 bits per heavy atom. The van der Waals surface area contributed by atoms with Gasteiger partial charge in [0.25, 0.3) is 5.91 Å². The van der Waals surface area contributed by atoms with Crippen molar-refractivity contribution in [3.63, 3.8) is 0 Å². The smallest absolute Gasteiger partial charge is 0.308 e. The first kappa shape index (κ1) is 32.1. The van der Waals surface area contributed by atoms with Crippen LogP contribution in [0.3, 0.4) is 0 Å². The van der Waals surface area contributed by atoms with Gasteiger partial charge in [-0.2, -0.15) is 0 Å². The molecule has 0 saturated heterocycles. The molecule has 0 aliphatic carbocycles. The van der Waals surface area contributed by atoms with E-state index < -0.39 is 23.8 Å². The van der Waals surface area contributed by atoms with Crippen LogP contribution >= 0.6 is 0 Å². The van der Waals surface area contributed by atoms with E-state index in [1.54, 1.807) is 0 Å². The summed E-state index contributed by atoms with van der Waals surface area (Å²) < 4.78 is 15.3. The molecule has 0 atom stereocenters. The zero-order chi connectivity index (χ0) is 27.5. The van der Waals surface area contributed by atoms with Gasteiger partial charge in [0, 0.05) is 32.9 Å². The maximum absolute atomic E-state index is 12.7. The number of rotatable bonds is 19. The minimum atomic E-state index is -0.697. The average molecular weight is 520 g/mol. The SMILES string of the molecule is CCCCCCCCCCCCCCCCNC(=O)c1cc(OC(C)=O)c(OC(C)=O)c(OC(C)=O)c1. The summed E-state index contributed by atoms with van der Waals surface area (Å²) in [7, 11) is 0. The Bertz CT molecular complexity index is 829. The molecule has 1 aromatic carbocycles. The van der Waals surface area contributed by atoms with Crippen molar-refractivity contribution < 1.29 is 33.4 Å². The minimum Gasteiger partial charge on any atom is -0.423 e. The summed E-state index contributed by atoms with van der Waals surface area (Å²) in [6, 6.07) is 2.57. The van der Waals surface area contributed by atoms with Crippen molar-refractivity contribution in [1.82, 2.24) is 5.32 Å². The number of esters is 3. The number of ether oxygens (including phenoxy) is 3. The predicted octanol–water partition coefficient (Wildman–Crippen LogP) is 6.67. The molecule has 0 bridgehead atoms. The normalized spacial score (nSPS) is 10.6. The van der Waals surface area contributed by atoms with E-state index in [2.05, 4.69) is 12.2 Å². The van der Waals surface area contributed by atoms with Crippen LogP contribution in [0.15, 0.2) is 12.1 Å². The van der Waals surface area contributed by atoms with Crippen molar-refractivity contribution >= 4 is 23.8 Å². The quantitative estimate of drug-likeness (QED) is 0.123. The van der Waals surface area contributed by atoms with Crippen LogP contribution in [-0.2, 0) is 14.4 Å². The molecule has 0 radical (unpaired) electrons. The van der Waals surface area contributed by atoms with E-state index in [4.69, 9.17) is 14.2 Å². The third kappa shape index (κ3) is 15.1. The molecule has 0 aliphatic heterocycles. The van der Waals surface area contributed by atoms with Crippen LogP contribution in [0.1, 0.15) is 128 Å². The van der Waals surface area contributed by atoms with Crippen molar-refractivity contribution in [3.8, 4) is 17.2 Å². The van der Waals surface area contributed by atoms with E-state index in [0.717, 1.165) is 26.2 Å². The number of unbranched alkanes of at least 4 members (excludes halogenated alkanes) is 13. The second kappa shape index (κ2) is 19.2. The Hall–Kier alpha value is -2.90. The maximum Gasteiger partial charge on any atom is 0.308 e. The Kier molecular flexibility index (Phi) is 16.7. The lowest BCUT2D eigenvalue weighted by Crippen LogP contribution is -2.25. The Morgan fingerprint density at radius 3 is 1.35 bits per heavy atom. The van der Waals surface area contributed by atoms with Gasteiger partial charge >= 0.3 is 17.9 Å². The molecule has 0 heterocycles. The van der Waals surface area contributed by atoms with Crippen molar-refractivity contribution in [3.05, 3.63) is 17.7 Å². The Balaban J connectivity index is 2.42. The molecule has 37 heavy (non-hydrogen) atoms. The monoisotopic (exact) mass is 519 g/mol. The molecule has 0 aromatic heterocycles. The van der Waals surface area contributed by atoms with Crippen LogP contribution in [0, 0.1) is 0 Å². The van der Waals surface area contributed by atoms with E-state index in [1.165, 1.54) is 96.6 Å². The highest BCUT2D eigenvalue weighted by Gasteiger charge is 2.22. The fraction of sp³-hybridized carbons (Fsp3) is 0.655. The summed E-state index contributed by atoms with van der Waals surface area (Å²) in [5.74, 6) is -3.06. The highest BCUT2D eigenvalue weighted by Crippen LogP contribution is 2.39. The molecular weight excluding hydrogens is 474 g/mol. The molecule has 208 valence electrons. The van der Waals surface area contributed by atoms with Crippen LogP contribution in [0.5, 0.6) is 17.2 Å². The summed E-state index contributed by atoms with van der Waals surface area (Å²) in [6.45, 7) is 6.25. The Labute approximate surface area is 221 Å². The number of benzene rings is 1. The summed E-state index contributed by atoms with van der Waals surface area (Å²) >= 11 is 0. The lowest BCUT2D eigenvalue weighted by atomic mass is 10.0. The van der Waals surface area contributed by atoms with Crippen LogP contribution < -0.4 is 19.5 Å². The van der Waals surface area contributed by atoms with Crippen molar-refractivity contribution in [1.29, 1.82) is 0 Å². The van der Waals surface area contributed by atoms with Gasteiger partial charge in [0.15, 0.2) is 11.5 Å². The van der Waals surface area contributed by atoms with Crippen molar-refractivity contribution in [2.75, 3.05) is 6.54 Å². The molecule has 8 heteroatoms. The average Bonchev–Trinajstić information content (AvgIpc) is 2.82. The van der Waals surface area contributed by atoms with Gasteiger partial charge in [-0.05, 0) is 18.6 Å². The maximum atomic E-state index is 12.7. The van der Waals surface area contributed by atoms with Gasteiger partial charge in [0.05, 0.1) is 0 Å². The lowest BCUT2D eigenvalue weighted by Gasteiger charge is -2.15. The van der Waals surface area contributed by atoms with Gasteiger partial charge in [-0.1, -0.05) is 90.4 Å². The number of carbonyl (C=O) groups excluding carboxylic acids is 4. The van der Waals surface area contributed by atoms with Gasteiger partial charge in [0.1, 0.15) is 0 Å². The largest absolute Gasteiger partial charge is 0.423 e. The lowest BCUT2D eigenvalue weighted by molar-refractivity contribution is -0.135. The number of hydrogen-bond donors (Lipinski definition) is 1. The summed E-state index contributed by atoms with van der Waals surface area (Å²) in [5.41, 5.74) is 0.119. The fourth-order valence-electron chi connectivity index (χ4n) is 4.04. The molecule has 0 fully saturated rings. The molecule has 1 rings (SSSR count). The van der Waals surface area contributed by atoms with E-state index >= 15 is 0 Å². The second-order valence-corrected chi connectivity index (χ2v) is 9.43. The van der Waals surface area contributed by atoms with E-state index in [0.29, 0.717) is 6.54 Å². The second-order valence-electron chi connectivity index (χ2n) is 9.43. The first-order valence-corrected chi connectivity index (χ1v) is 13.8. The third-order valence-electron chi connectivity index (χ3n) is 5.85. The Morgan fingerprint density at radius 1 is 0.595 bits per heavy atom. The zero-order valence-corrected chi connectivity index (χ0v) is 23.1. The van der Waals surface area contributed by atoms with Crippen LogP contribution in [-0.4, -0.2) is 30.4 Å². The van der Waals surface area contributed by atoms with Gasteiger partial charge in [0.2, 0.25) is 5.75 Å². The predicted molar refractivity (Wildman–Crippen MR) is 143 cm³/mol. The van der Waals surface area contributed by atoms with Crippen LogP contribution in [0.2, 0.25) is 0 Å². The zero-order valence-electron chi connectivity index (χ0n) is 23.1. The van der Waals surface area contributed by atoms with E-state index in [-0.39, 0.29) is 22.8 Å². The molecule has 1 aromatic rings.